The number of fused-ring (bicyclic) bond motifs is 4. The van der Waals surface area contributed by atoms with Gasteiger partial charge in [0.25, 0.3) is 5.91 Å². The molecule has 6 rings (SSSR count). The molecule has 0 saturated carbocycles. The van der Waals surface area contributed by atoms with Crippen LogP contribution in [0, 0.1) is 11.8 Å². The fourth-order valence-electron chi connectivity index (χ4n) is 6.06. The van der Waals surface area contributed by atoms with E-state index < -0.39 is 23.4 Å². The van der Waals surface area contributed by atoms with Gasteiger partial charge in [-0.25, -0.2) is 0 Å². The molecule has 8 heteroatoms. The van der Waals surface area contributed by atoms with E-state index in [4.69, 9.17) is 0 Å². The van der Waals surface area contributed by atoms with Crippen LogP contribution in [0.25, 0.3) is 0 Å². The minimum absolute atomic E-state index is 0.150. The Kier molecular flexibility index (Phi) is 4.69. The van der Waals surface area contributed by atoms with Gasteiger partial charge in [0.2, 0.25) is 17.4 Å². The second kappa shape index (κ2) is 7.68. The first-order chi connectivity index (χ1) is 16.9. The van der Waals surface area contributed by atoms with Gasteiger partial charge < -0.3 is 20.8 Å². The number of benzene rings is 3. The number of nitrogens with two attached hydrogens (primary N) is 1. The van der Waals surface area contributed by atoms with Crippen LogP contribution >= 0.6 is 0 Å². The van der Waals surface area contributed by atoms with E-state index in [-0.39, 0.29) is 35.8 Å². The number of hydrogen-bond donors (Lipinski definition) is 4. The van der Waals surface area contributed by atoms with Gasteiger partial charge in [0.05, 0.1) is 12.2 Å². The molecule has 3 amide bonds. The molecule has 2 fully saturated rings. The first kappa shape index (κ1) is 21.4. The molecule has 0 aliphatic carbocycles. The number of nitrogens with one attached hydrogen (secondary N) is 1. The number of phenols is 2. The molecule has 3 aliphatic rings. The molecule has 3 heterocycles. The largest absolute Gasteiger partial charge is 0.504 e. The Morgan fingerprint density at radius 3 is 2.37 bits per heavy atom. The number of anilines is 1. The van der Waals surface area contributed by atoms with Gasteiger partial charge >= 0.3 is 0 Å². The molecular formula is C27H24N3O5+. The minimum Gasteiger partial charge on any atom is -0.504 e. The molecule has 2 saturated heterocycles. The number of aromatic hydroxyl groups is 2. The van der Waals surface area contributed by atoms with Gasteiger partial charge in [0, 0.05) is 12.0 Å². The average molecular weight is 471 g/mol. The van der Waals surface area contributed by atoms with Crippen LogP contribution in [0.4, 0.5) is 5.69 Å². The Labute approximate surface area is 201 Å². The van der Waals surface area contributed by atoms with E-state index in [9.17, 15) is 24.6 Å². The second-order valence-corrected chi connectivity index (χ2v) is 9.48. The lowest BCUT2D eigenvalue weighted by molar-refractivity contribution is -0.733. The summed E-state index contributed by atoms with van der Waals surface area (Å²) in [5.74, 6) is -2.98. The van der Waals surface area contributed by atoms with Gasteiger partial charge in [-0.15, -0.1) is 0 Å². The molecule has 0 aromatic heterocycles. The van der Waals surface area contributed by atoms with Gasteiger partial charge in [-0.3, -0.25) is 19.3 Å². The van der Waals surface area contributed by atoms with Crippen molar-refractivity contribution in [3.63, 3.8) is 0 Å². The molecule has 1 spiro atoms. The van der Waals surface area contributed by atoms with Crippen molar-refractivity contribution in [2.24, 2.45) is 11.8 Å². The zero-order chi connectivity index (χ0) is 24.3. The van der Waals surface area contributed by atoms with Gasteiger partial charge in [0.15, 0.2) is 11.5 Å². The number of quaternary nitrogens is 1. The van der Waals surface area contributed by atoms with E-state index in [0.717, 1.165) is 5.56 Å². The number of carbonyl (C=O) groups excluding carboxylic acids is 3. The maximum absolute atomic E-state index is 13.8. The summed E-state index contributed by atoms with van der Waals surface area (Å²) >= 11 is 0. The standard InChI is InChI=1S/C27H23N3O5/c31-20-11-10-16(13-21(20)32)12-19-22-23(25(34)30(24(22)33)14-15-6-2-1-3-7-15)27(29-19)17-8-4-5-9-18(17)28-26(27)35/h1-11,13,19,22-23,29,31-32H,12,14H2,(H,28,35)/p+1/t19-,22+,23-,27+/m1/s1. The highest BCUT2D eigenvalue weighted by atomic mass is 16.3. The molecule has 3 aromatic carbocycles. The summed E-state index contributed by atoms with van der Waals surface area (Å²) in [5, 5.41) is 24.5. The molecule has 0 radical (unpaired) electrons. The lowest BCUT2D eigenvalue weighted by atomic mass is 9.76. The maximum Gasteiger partial charge on any atom is 0.291 e. The monoisotopic (exact) mass is 470 g/mol. The van der Waals surface area contributed by atoms with Crippen LogP contribution in [0.3, 0.4) is 0 Å². The van der Waals surface area contributed by atoms with Crippen LogP contribution in [0.5, 0.6) is 11.5 Å². The van der Waals surface area contributed by atoms with E-state index >= 15 is 0 Å². The molecule has 35 heavy (non-hydrogen) atoms. The first-order valence-electron chi connectivity index (χ1n) is 11.6. The van der Waals surface area contributed by atoms with E-state index in [1.807, 2.05) is 53.8 Å². The maximum atomic E-state index is 13.8. The smallest absolute Gasteiger partial charge is 0.291 e. The predicted molar refractivity (Wildman–Crippen MR) is 125 cm³/mol. The Hall–Kier alpha value is -4.17. The predicted octanol–water partition coefficient (Wildman–Crippen LogP) is 1.23. The summed E-state index contributed by atoms with van der Waals surface area (Å²) in [6, 6.07) is 20.7. The van der Waals surface area contributed by atoms with E-state index in [1.165, 1.54) is 17.0 Å². The summed E-state index contributed by atoms with van der Waals surface area (Å²) in [4.78, 5) is 42.4. The zero-order valence-corrected chi connectivity index (χ0v) is 18.7. The van der Waals surface area contributed by atoms with Crippen molar-refractivity contribution in [2.45, 2.75) is 24.5 Å². The van der Waals surface area contributed by atoms with Gasteiger partial charge in [0.1, 0.15) is 17.9 Å². The van der Waals surface area contributed by atoms with Gasteiger partial charge in [-0.2, -0.15) is 0 Å². The van der Waals surface area contributed by atoms with Crippen LogP contribution in [0.1, 0.15) is 16.7 Å². The van der Waals surface area contributed by atoms with Crippen molar-refractivity contribution >= 4 is 23.4 Å². The summed E-state index contributed by atoms with van der Waals surface area (Å²) < 4.78 is 0. The lowest BCUT2D eigenvalue weighted by Gasteiger charge is -2.26. The van der Waals surface area contributed by atoms with Crippen molar-refractivity contribution in [1.29, 1.82) is 0 Å². The molecule has 8 nitrogen and oxygen atoms in total. The van der Waals surface area contributed by atoms with E-state index in [1.54, 1.807) is 12.1 Å². The SMILES string of the molecule is O=C1[C@H]2[C@@H](Cc3ccc(O)c(O)c3)[NH2+][C@]3(C(=O)Nc4ccccc43)[C@H]2C(=O)N1Cc1ccccc1. The topological polar surface area (TPSA) is 124 Å². The summed E-state index contributed by atoms with van der Waals surface area (Å²) in [6.07, 6.45) is 0.338. The van der Waals surface area contributed by atoms with Crippen molar-refractivity contribution in [3.05, 3.63) is 89.5 Å². The van der Waals surface area contributed by atoms with E-state index in [0.29, 0.717) is 23.2 Å². The third-order valence-electron chi connectivity index (χ3n) is 7.56. The number of carbonyl (C=O) groups is 3. The summed E-state index contributed by atoms with van der Waals surface area (Å²) in [7, 11) is 0. The molecule has 3 aromatic rings. The molecule has 0 unspecified atom stereocenters. The molecular weight excluding hydrogens is 446 g/mol. The molecule has 0 bridgehead atoms. The van der Waals surface area contributed by atoms with Crippen LogP contribution in [-0.2, 0) is 32.9 Å². The molecule has 5 N–H and O–H groups in total. The fourth-order valence-corrected chi connectivity index (χ4v) is 6.06. The summed E-state index contributed by atoms with van der Waals surface area (Å²) in [5.41, 5.74) is 1.65. The molecule has 4 atom stereocenters. The highest BCUT2D eigenvalue weighted by molar-refractivity contribution is 6.13. The Morgan fingerprint density at radius 1 is 0.857 bits per heavy atom. The highest BCUT2D eigenvalue weighted by Gasteiger charge is 2.74. The van der Waals surface area contributed by atoms with Crippen LogP contribution < -0.4 is 10.6 Å². The number of amides is 3. The van der Waals surface area contributed by atoms with Crippen molar-refractivity contribution in [1.82, 2.24) is 4.90 Å². The quantitative estimate of drug-likeness (QED) is 0.337. The van der Waals surface area contributed by atoms with E-state index in [2.05, 4.69) is 5.32 Å². The fraction of sp³-hybridized carbons (Fsp3) is 0.222. The molecule has 176 valence electrons. The number of para-hydroxylation sites is 1. The number of likely N-dealkylation sites (tertiary alicyclic amines) is 1. The van der Waals surface area contributed by atoms with Crippen LogP contribution in [-0.4, -0.2) is 38.9 Å². The van der Waals surface area contributed by atoms with Crippen LogP contribution in [0.2, 0.25) is 0 Å². The zero-order valence-electron chi connectivity index (χ0n) is 18.7. The number of nitrogens with zero attached hydrogens (tertiary/aromatic N) is 1. The normalized spacial score (nSPS) is 26.8. The lowest BCUT2D eigenvalue weighted by Crippen LogP contribution is -2.99. The number of rotatable bonds is 4. The third-order valence-corrected chi connectivity index (χ3v) is 7.56. The first-order valence-corrected chi connectivity index (χ1v) is 11.6. The van der Waals surface area contributed by atoms with Crippen molar-refractivity contribution in [2.75, 3.05) is 5.32 Å². The average Bonchev–Trinajstić information content (AvgIpc) is 3.43. The summed E-state index contributed by atoms with van der Waals surface area (Å²) in [6.45, 7) is 0.150. The van der Waals surface area contributed by atoms with Crippen molar-refractivity contribution in [3.8, 4) is 11.5 Å². The number of imide groups is 1. The van der Waals surface area contributed by atoms with Crippen LogP contribution in [0.15, 0.2) is 72.8 Å². The minimum atomic E-state index is -1.25. The number of hydrogen-bond acceptors (Lipinski definition) is 5. The Balaban J connectivity index is 1.44. The van der Waals surface area contributed by atoms with Gasteiger partial charge in [-0.1, -0.05) is 54.6 Å². The van der Waals surface area contributed by atoms with Crippen molar-refractivity contribution < 1.29 is 29.9 Å². The second-order valence-electron chi connectivity index (χ2n) is 9.48. The Bertz CT molecular complexity index is 1370. The highest BCUT2D eigenvalue weighted by Crippen LogP contribution is 2.49. The third kappa shape index (κ3) is 3.06. The Morgan fingerprint density at radius 2 is 1.60 bits per heavy atom. The number of phenolic OH excluding ortho intramolecular Hbond substituents is 2. The van der Waals surface area contributed by atoms with Gasteiger partial charge in [-0.05, 0) is 29.3 Å². The molecule has 3 aliphatic heterocycles.